The Morgan fingerprint density at radius 3 is 2.94 bits per heavy atom. The monoisotopic (exact) mass is 251 g/mol. The first kappa shape index (κ1) is 14.0. The molecule has 1 rings (SSSR count). The maximum Gasteiger partial charge on any atom is 0.158 e. The summed E-state index contributed by atoms with van der Waals surface area (Å²) in [5.74, 6) is 0. The summed E-state index contributed by atoms with van der Waals surface area (Å²) in [6.45, 7) is 3.97. The lowest BCUT2D eigenvalue weighted by Crippen LogP contribution is -2.23. The van der Waals surface area contributed by atoms with E-state index in [-0.39, 0.29) is 0 Å². The van der Waals surface area contributed by atoms with Gasteiger partial charge in [-0.25, -0.2) is 0 Å². The number of nitrogens with zero attached hydrogens (tertiary/aromatic N) is 3. The molecule has 0 saturated heterocycles. The molecule has 0 radical (unpaired) electrons. The van der Waals surface area contributed by atoms with Crippen molar-refractivity contribution in [3.63, 3.8) is 0 Å². The maximum atomic E-state index is 4.61. The van der Waals surface area contributed by atoms with E-state index in [2.05, 4.69) is 41.2 Å². The predicted molar refractivity (Wildman–Crippen MR) is 76.4 cm³/mol. The molecule has 0 N–H and O–H groups in total. The molecule has 0 aliphatic rings. The van der Waals surface area contributed by atoms with Gasteiger partial charge in [-0.3, -0.25) is 9.98 Å². The Labute approximate surface area is 108 Å². The second-order valence-electron chi connectivity index (χ2n) is 3.94. The summed E-state index contributed by atoms with van der Waals surface area (Å²) in [5.41, 5.74) is 1.22. The van der Waals surface area contributed by atoms with Crippen molar-refractivity contribution in [3.05, 3.63) is 30.1 Å². The molecular weight excluding hydrogens is 230 g/mol. The van der Waals surface area contributed by atoms with E-state index in [4.69, 9.17) is 0 Å². The standard InChI is InChI=1S/C13H21N3S/c1-4-5-9-15-13(17-3)16(2)11-12-7-6-8-14-10-12/h6-8,10H,4-5,9,11H2,1-3H3. The summed E-state index contributed by atoms with van der Waals surface area (Å²) < 4.78 is 0. The van der Waals surface area contributed by atoms with Crippen LogP contribution in [0.3, 0.4) is 0 Å². The summed E-state index contributed by atoms with van der Waals surface area (Å²) in [6.07, 6.45) is 8.13. The zero-order valence-electron chi connectivity index (χ0n) is 10.9. The number of hydrogen-bond acceptors (Lipinski definition) is 3. The highest BCUT2D eigenvalue weighted by atomic mass is 32.2. The number of pyridine rings is 1. The van der Waals surface area contributed by atoms with Crippen LogP contribution < -0.4 is 0 Å². The molecule has 3 nitrogen and oxygen atoms in total. The number of rotatable bonds is 5. The zero-order valence-corrected chi connectivity index (χ0v) is 11.7. The van der Waals surface area contributed by atoms with Gasteiger partial charge in [0, 0.05) is 32.5 Å². The Balaban J connectivity index is 2.54. The van der Waals surface area contributed by atoms with Gasteiger partial charge < -0.3 is 4.90 Å². The Morgan fingerprint density at radius 2 is 2.35 bits per heavy atom. The van der Waals surface area contributed by atoms with E-state index in [1.807, 2.05) is 12.3 Å². The van der Waals surface area contributed by atoms with E-state index < -0.39 is 0 Å². The third-order valence-electron chi connectivity index (χ3n) is 2.41. The van der Waals surface area contributed by atoms with Crippen LogP contribution in [0.25, 0.3) is 0 Å². The van der Waals surface area contributed by atoms with Crippen molar-refractivity contribution in [2.24, 2.45) is 4.99 Å². The van der Waals surface area contributed by atoms with Gasteiger partial charge >= 0.3 is 0 Å². The summed E-state index contributed by atoms with van der Waals surface area (Å²) in [4.78, 5) is 10.9. The minimum absolute atomic E-state index is 0.861. The number of unbranched alkanes of at least 4 members (excludes halogenated alkanes) is 1. The van der Waals surface area contributed by atoms with Crippen LogP contribution in [-0.4, -0.2) is 34.9 Å². The first-order chi connectivity index (χ1) is 8.27. The number of aliphatic imine (C=N–C) groups is 1. The molecule has 0 spiro atoms. The topological polar surface area (TPSA) is 28.5 Å². The van der Waals surface area contributed by atoms with Crippen molar-refractivity contribution < 1.29 is 0 Å². The Morgan fingerprint density at radius 1 is 1.53 bits per heavy atom. The normalized spacial score (nSPS) is 11.6. The average Bonchev–Trinajstić information content (AvgIpc) is 2.36. The van der Waals surface area contributed by atoms with Crippen molar-refractivity contribution >= 4 is 16.9 Å². The Bertz CT molecular complexity index is 338. The molecule has 0 atom stereocenters. The minimum atomic E-state index is 0.861. The van der Waals surface area contributed by atoms with Gasteiger partial charge in [-0.05, 0) is 24.3 Å². The summed E-state index contributed by atoms with van der Waals surface area (Å²) in [7, 11) is 2.08. The van der Waals surface area contributed by atoms with Crippen molar-refractivity contribution in [2.45, 2.75) is 26.3 Å². The first-order valence-electron chi connectivity index (χ1n) is 5.96. The highest BCUT2D eigenvalue weighted by Crippen LogP contribution is 2.08. The molecule has 0 aromatic carbocycles. The molecule has 94 valence electrons. The molecular formula is C13H21N3S. The number of hydrogen-bond donors (Lipinski definition) is 0. The SMILES string of the molecule is CCCCN=C(SC)N(C)Cc1cccnc1. The molecule has 0 aliphatic heterocycles. The fourth-order valence-electron chi connectivity index (χ4n) is 1.51. The highest BCUT2D eigenvalue weighted by Gasteiger charge is 2.05. The van der Waals surface area contributed by atoms with Crippen LogP contribution in [-0.2, 0) is 6.54 Å². The predicted octanol–water partition coefficient (Wildman–Crippen LogP) is 3.03. The zero-order chi connectivity index (χ0) is 12.5. The average molecular weight is 251 g/mol. The summed E-state index contributed by atoms with van der Waals surface area (Å²) in [5, 5.41) is 1.10. The molecule has 1 aromatic rings. The summed E-state index contributed by atoms with van der Waals surface area (Å²) in [6, 6.07) is 4.06. The minimum Gasteiger partial charge on any atom is -0.350 e. The highest BCUT2D eigenvalue weighted by molar-refractivity contribution is 8.13. The molecule has 1 aromatic heterocycles. The van der Waals surface area contributed by atoms with Crippen LogP contribution >= 0.6 is 11.8 Å². The fraction of sp³-hybridized carbons (Fsp3) is 0.538. The summed E-state index contributed by atoms with van der Waals surface area (Å²) >= 11 is 1.70. The lowest BCUT2D eigenvalue weighted by atomic mass is 10.3. The van der Waals surface area contributed by atoms with Gasteiger partial charge in [0.05, 0.1) is 0 Å². The smallest absolute Gasteiger partial charge is 0.158 e. The van der Waals surface area contributed by atoms with E-state index in [1.165, 1.54) is 12.0 Å². The number of aromatic nitrogens is 1. The number of amidine groups is 1. The number of thioether (sulfide) groups is 1. The molecule has 0 saturated carbocycles. The third-order valence-corrected chi connectivity index (χ3v) is 3.22. The van der Waals surface area contributed by atoms with Crippen LogP contribution in [0.5, 0.6) is 0 Å². The molecule has 1 heterocycles. The van der Waals surface area contributed by atoms with Crippen LogP contribution in [0.2, 0.25) is 0 Å². The Kier molecular flexibility index (Phi) is 6.70. The van der Waals surface area contributed by atoms with Gasteiger partial charge in [0.15, 0.2) is 5.17 Å². The van der Waals surface area contributed by atoms with E-state index >= 15 is 0 Å². The second-order valence-corrected chi connectivity index (χ2v) is 4.71. The van der Waals surface area contributed by atoms with Crippen LogP contribution in [0.4, 0.5) is 0 Å². The molecule has 4 heteroatoms. The lowest BCUT2D eigenvalue weighted by Gasteiger charge is -2.19. The van der Waals surface area contributed by atoms with Crippen LogP contribution in [0.1, 0.15) is 25.3 Å². The van der Waals surface area contributed by atoms with E-state index in [9.17, 15) is 0 Å². The van der Waals surface area contributed by atoms with E-state index in [0.29, 0.717) is 0 Å². The quantitative estimate of drug-likeness (QED) is 0.457. The lowest BCUT2D eigenvalue weighted by molar-refractivity contribution is 0.507. The maximum absolute atomic E-state index is 4.61. The van der Waals surface area contributed by atoms with E-state index in [1.54, 1.807) is 18.0 Å². The van der Waals surface area contributed by atoms with Gasteiger partial charge in [0.1, 0.15) is 0 Å². The van der Waals surface area contributed by atoms with Crippen molar-refractivity contribution in [1.82, 2.24) is 9.88 Å². The first-order valence-corrected chi connectivity index (χ1v) is 7.19. The van der Waals surface area contributed by atoms with Gasteiger partial charge in [-0.15, -0.1) is 0 Å². The van der Waals surface area contributed by atoms with Gasteiger partial charge in [0.25, 0.3) is 0 Å². The molecule has 0 unspecified atom stereocenters. The van der Waals surface area contributed by atoms with Crippen molar-refractivity contribution in [2.75, 3.05) is 19.8 Å². The van der Waals surface area contributed by atoms with Crippen LogP contribution in [0.15, 0.2) is 29.5 Å². The van der Waals surface area contributed by atoms with Gasteiger partial charge in [0.2, 0.25) is 0 Å². The van der Waals surface area contributed by atoms with E-state index in [0.717, 1.165) is 24.7 Å². The largest absolute Gasteiger partial charge is 0.350 e. The van der Waals surface area contributed by atoms with Crippen molar-refractivity contribution in [3.8, 4) is 0 Å². The fourth-order valence-corrected chi connectivity index (χ4v) is 2.10. The van der Waals surface area contributed by atoms with Crippen LogP contribution in [0, 0.1) is 0 Å². The molecule has 17 heavy (non-hydrogen) atoms. The molecule has 0 amide bonds. The Hall–Kier alpha value is -1.03. The van der Waals surface area contributed by atoms with Crippen molar-refractivity contribution in [1.29, 1.82) is 0 Å². The third kappa shape index (κ3) is 5.22. The van der Waals surface area contributed by atoms with Gasteiger partial charge in [-0.1, -0.05) is 31.2 Å². The van der Waals surface area contributed by atoms with Gasteiger partial charge in [-0.2, -0.15) is 0 Å². The molecule has 0 fully saturated rings. The molecule has 0 bridgehead atoms. The second kappa shape index (κ2) is 8.12. The molecule has 0 aliphatic carbocycles.